The number of nitrogens with zero attached hydrogens (tertiary/aromatic N) is 1. The summed E-state index contributed by atoms with van der Waals surface area (Å²) in [4.78, 5) is 14.8. The number of hydrogen-bond acceptors (Lipinski definition) is 3. The Morgan fingerprint density at radius 3 is 2.64 bits per heavy atom. The van der Waals surface area contributed by atoms with Gasteiger partial charge in [0.25, 0.3) is 0 Å². The Morgan fingerprint density at radius 2 is 1.89 bits per heavy atom. The van der Waals surface area contributed by atoms with E-state index in [2.05, 4.69) is 5.32 Å². The molecule has 4 nitrogen and oxygen atoms in total. The van der Waals surface area contributed by atoms with Crippen molar-refractivity contribution in [1.29, 1.82) is 0 Å². The number of benzene rings is 2. The van der Waals surface area contributed by atoms with Crippen LogP contribution >= 0.6 is 11.6 Å². The van der Waals surface area contributed by atoms with Crippen molar-refractivity contribution in [3.63, 3.8) is 0 Å². The molecule has 0 saturated carbocycles. The van der Waals surface area contributed by atoms with E-state index in [1.54, 1.807) is 0 Å². The second kappa shape index (κ2) is 8.54. The summed E-state index contributed by atoms with van der Waals surface area (Å²) >= 11 is 6.19. The Hall–Kier alpha value is -2.04. The van der Waals surface area contributed by atoms with Crippen LogP contribution in [0, 0.1) is 0 Å². The number of rotatable bonds is 6. The maximum absolute atomic E-state index is 12.8. The van der Waals surface area contributed by atoms with Crippen LogP contribution in [0.3, 0.4) is 0 Å². The first-order valence-electron chi connectivity index (χ1n) is 10.1. The first-order chi connectivity index (χ1) is 13.6. The van der Waals surface area contributed by atoms with Crippen molar-refractivity contribution in [2.45, 2.75) is 56.8 Å². The molecule has 0 aromatic heterocycles. The van der Waals surface area contributed by atoms with E-state index < -0.39 is 0 Å². The van der Waals surface area contributed by atoms with Crippen LogP contribution in [0.5, 0.6) is 5.75 Å². The second-order valence-corrected chi connectivity index (χ2v) is 8.38. The molecule has 4 rings (SSSR count). The van der Waals surface area contributed by atoms with E-state index in [1.807, 2.05) is 60.5 Å². The minimum atomic E-state index is 0.176. The van der Waals surface area contributed by atoms with Crippen molar-refractivity contribution in [3.8, 4) is 5.75 Å². The number of piperidine rings is 1. The van der Waals surface area contributed by atoms with Crippen molar-refractivity contribution >= 4 is 17.5 Å². The number of carbonyl (C=O) groups excluding carboxylic acids is 1. The Balaban J connectivity index is 1.35. The lowest BCUT2D eigenvalue weighted by Crippen LogP contribution is -2.49. The van der Waals surface area contributed by atoms with Gasteiger partial charge in [-0.15, -0.1) is 0 Å². The van der Waals surface area contributed by atoms with E-state index in [4.69, 9.17) is 16.3 Å². The van der Waals surface area contributed by atoms with Crippen LogP contribution in [-0.2, 0) is 17.8 Å². The molecule has 2 fully saturated rings. The molecule has 2 aliphatic heterocycles. The van der Waals surface area contributed by atoms with Crippen LogP contribution in [0.4, 0.5) is 0 Å². The van der Waals surface area contributed by atoms with Crippen LogP contribution in [0.25, 0.3) is 0 Å². The lowest BCUT2D eigenvalue weighted by molar-refractivity contribution is -0.131. The Kier molecular flexibility index (Phi) is 5.88. The fraction of sp³-hybridized carbons (Fsp3) is 0.435. The first-order valence-corrected chi connectivity index (χ1v) is 10.4. The van der Waals surface area contributed by atoms with Crippen molar-refractivity contribution in [2.24, 2.45) is 0 Å². The number of fused-ring (bicyclic) bond motifs is 2. The van der Waals surface area contributed by atoms with Gasteiger partial charge < -0.3 is 15.0 Å². The number of carbonyl (C=O) groups is 1. The molecule has 2 bridgehead atoms. The average Bonchev–Trinajstić information content (AvgIpc) is 3.04. The highest BCUT2D eigenvalue weighted by atomic mass is 35.5. The van der Waals surface area contributed by atoms with Gasteiger partial charge in [0.2, 0.25) is 5.91 Å². The molecule has 1 amide bonds. The number of ether oxygens (including phenoxy) is 1. The van der Waals surface area contributed by atoms with Crippen LogP contribution in [0.1, 0.15) is 36.8 Å². The molecule has 5 heteroatoms. The molecular weight excluding hydrogens is 372 g/mol. The van der Waals surface area contributed by atoms with Gasteiger partial charge in [0, 0.05) is 35.8 Å². The molecule has 2 atom stereocenters. The molecule has 28 heavy (non-hydrogen) atoms. The van der Waals surface area contributed by atoms with Crippen molar-refractivity contribution in [1.82, 2.24) is 10.2 Å². The summed E-state index contributed by atoms with van der Waals surface area (Å²) in [5.74, 6) is 0.933. The summed E-state index contributed by atoms with van der Waals surface area (Å²) in [6, 6.07) is 17.0. The molecule has 2 unspecified atom stereocenters. The average molecular weight is 399 g/mol. The summed E-state index contributed by atoms with van der Waals surface area (Å²) in [6.07, 6.45) is 5.03. The molecule has 0 radical (unpaired) electrons. The zero-order chi connectivity index (χ0) is 19.5. The normalized spacial score (nSPS) is 23.4. The molecule has 0 aliphatic carbocycles. The first kappa shape index (κ1) is 19.3. The Labute approximate surface area is 171 Å². The van der Waals surface area contributed by atoms with Crippen molar-refractivity contribution in [2.75, 3.05) is 7.05 Å². The summed E-state index contributed by atoms with van der Waals surface area (Å²) in [5.41, 5.74) is 1.93. The van der Waals surface area contributed by atoms with Gasteiger partial charge in [-0.3, -0.25) is 4.79 Å². The lowest BCUT2D eigenvalue weighted by atomic mass is 9.98. The fourth-order valence-electron chi connectivity index (χ4n) is 4.37. The lowest BCUT2D eigenvalue weighted by Gasteiger charge is -2.35. The number of halogens is 1. The van der Waals surface area contributed by atoms with Crippen LogP contribution in [0.15, 0.2) is 48.5 Å². The molecule has 2 aliphatic rings. The zero-order valence-electron chi connectivity index (χ0n) is 16.2. The predicted molar refractivity (Wildman–Crippen MR) is 112 cm³/mol. The van der Waals surface area contributed by atoms with Crippen molar-refractivity contribution in [3.05, 3.63) is 64.7 Å². The van der Waals surface area contributed by atoms with Crippen LogP contribution in [0.2, 0.25) is 5.02 Å². The fourth-order valence-corrected chi connectivity index (χ4v) is 4.56. The zero-order valence-corrected chi connectivity index (χ0v) is 17.0. The topological polar surface area (TPSA) is 41.6 Å². The third-order valence-electron chi connectivity index (χ3n) is 6.00. The third-order valence-corrected chi connectivity index (χ3v) is 6.36. The third kappa shape index (κ3) is 4.50. The highest BCUT2D eigenvalue weighted by Crippen LogP contribution is 2.29. The van der Waals surface area contributed by atoms with Crippen LogP contribution < -0.4 is 10.1 Å². The summed E-state index contributed by atoms with van der Waals surface area (Å²) < 4.78 is 5.89. The van der Waals surface area contributed by atoms with E-state index in [-0.39, 0.29) is 5.91 Å². The number of amides is 1. The van der Waals surface area contributed by atoms with E-state index in [0.717, 1.165) is 29.7 Å². The smallest absolute Gasteiger partial charge is 0.226 e. The van der Waals surface area contributed by atoms with Gasteiger partial charge in [-0.25, -0.2) is 0 Å². The molecule has 2 heterocycles. The maximum Gasteiger partial charge on any atom is 0.226 e. The highest BCUT2D eigenvalue weighted by Gasteiger charge is 2.36. The number of nitrogens with one attached hydrogen (secondary N) is 1. The van der Waals surface area contributed by atoms with Crippen molar-refractivity contribution < 1.29 is 9.53 Å². The molecule has 2 aromatic rings. The predicted octanol–water partition coefficient (Wildman–Crippen LogP) is 4.20. The molecule has 0 spiro atoms. The van der Waals surface area contributed by atoms with E-state index in [0.29, 0.717) is 36.2 Å². The molecule has 148 valence electrons. The van der Waals surface area contributed by atoms with Gasteiger partial charge in [0.1, 0.15) is 12.4 Å². The van der Waals surface area contributed by atoms with Crippen LogP contribution in [-0.4, -0.2) is 36.0 Å². The van der Waals surface area contributed by atoms with Gasteiger partial charge in [0.15, 0.2) is 0 Å². The van der Waals surface area contributed by atoms with E-state index in [1.165, 1.54) is 12.8 Å². The van der Waals surface area contributed by atoms with Gasteiger partial charge in [0.05, 0.1) is 6.42 Å². The summed E-state index contributed by atoms with van der Waals surface area (Å²) in [5, 5.41) is 4.34. The molecular formula is C23H27ClN2O2. The minimum Gasteiger partial charge on any atom is -0.489 e. The summed E-state index contributed by atoms with van der Waals surface area (Å²) in [7, 11) is 1.95. The van der Waals surface area contributed by atoms with Gasteiger partial charge in [-0.2, -0.15) is 0 Å². The number of likely N-dealkylation sites (N-methyl/N-ethyl adjacent to an activating group) is 1. The van der Waals surface area contributed by atoms with Gasteiger partial charge >= 0.3 is 0 Å². The van der Waals surface area contributed by atoms with Gasteiger partial charge in [-0.05, 0) is 49.4 Å². The monoisotopic (exact) mass is 398 g/mol. The standard InChI is InChI=1S/C23H27ClN2O2/c1-26(20-13-18-9-10-19(14-20)25-18)23(27)12-16-5-4-7-21(11-16)28-15-17-6-2-3-8-22(17)24/h2-8,11,18-20,25H,9-10,12-15H2,1H3. The van der Waals surface area contributed by atoms with E-state index >= 15 is 0 Å². The quantitative estimate of drug-likeness (QED) is 0.792. The molecule has 2 saturated heterocycles. The SMILES string of the molecule is CN(C(=O)Cc1cccc(OCc2ccccc2Cl)c1)C1CC2CCC(C1)N2. The highest BCUT2D eigenvalue weighted by molar-refractivity contribution is 6.31. The van der Waals surface area contributed by atoms with E-state index in [9.17, 15) is 4.79 Å². The maximum atomic E-state index is 12.8. The number of hydrogen-bond donors (Lipinski definition) is 1. The Morgan fingerprint density at radius 1 is 1.14 bits per heavy atom. The Bertz CT molecular complexity index is 829. The molecule has 2 aromatic carbocycles. The molecule has 1 N–H and O–H groups in total. The summed E-state index contributed by atoms with van der Waals surface area (Å²) in [6.45, 7) is 0.412. The van der Waals surface area contributed by atoms with Gasteiger partial charge in [-0.1, -0.05) is 41.9 Å². The minimum absolute atomic E-state index is 0.176. The second-order valence-electron chi connectivity index (χ2n) is 7.97. The largest absolute Gasteiger partial charge is 0.489 e.